The van der Waals surface area contributed by atoms with Gasteiger partial charge in [-0.15, -0.1) is 0 Å². The van der Waals surface area contributed by atoms with Crippen LogP contribution in [0.15, 0.2) is 36.4 Å². The molecule has 2 amide bonds. The van der Waals surface area contributed by atoms with Gasteiger partial charge in [-0.2, -0.15) is 0 Å². The Morgan fingerprint density at radius 3 is 2.60 bits per heavy atom. The van der Waals surface area contributed by atoms with Gasteiger partial charge in [0.25, 0.3) is 0 Å². The smallest absolute Gasteiger partial charge is 0.323 e. The van der Waals surface area contributed by atoms with E-state index in [9.17, 15) is 9.18 Å². The number of benzene rings is 2. The van der Waals surface area contributed by atoms with Crippen LogP contribution in [0.5, 0.6) is 5.75 Å². The van der Waals surface area contributed by atoms with Crippen LogP contribution < -0.4 is 10.6 Å². The minimum Gasteiger partial charge on any atom is -0.508 e. The summed E-state index contributed by atoms with van der Waals surface area (Å²) in [4.78, 5) is 11.7. The maximum absolute atomic E-state index is 13.4. The number of aromatic hydroxyl groups is 1. The van der Waals surface area contributed by atoms with Crippen molar-refractivity contribution in [3.63, 3.8) is 0 Å². The lowest BCUT2D eigenvalue weighted by molar-refractivity contribution is 0.262. The molecule has 0 aromatic heterocycles. The standard InChI is InChI=1S/C14H12ClFN2O2/c1-8-6-9(2-4-11(8)15)17-14(20)18-13-5-3-10(19)7-12(13)16/h2-7,19H,1H3,(H2,17,18,20). The van der Waals surface area contributed by atoms with Crippen LogP contribution in [-0.2, 0) is 0 Å². The fourth-order valence-corrected chi connectivity index (χ4v) is 1.73. The number of rotatable bonds is 2. The molecule has 2 aromatic carbocycles. The Labute approximate surface area is 120 Å². The first-order valence-corrected chi connectivity index (χ1v) is 6.16. The van der Waals surface area contributed by atoms with Crippen LogP contribution in [0, 0.1) is 12.7 Å². The van der Waals surface area contributed by atoms with Crippen molar-refractivity contribution >= 4 is 29.0 Å². The van der Waals surface area contributed by atoms with Crippen molar-refractivity contribution in [2.24, 2.45) is 0 Å². The minimum absolute atomic E-state index is 0.0222. The molecule has 0 atom stereocenters. The van der Waals surface area contributed by atoms with Gasteiger partial charge in [0, 0.05) is 16.8 Å². The van der Waals surface area contributed by atoms with Crippen molar-refractivity contribution in [3.05, 3.63) is 52.8 Å². The number of hydrogen-bond donors (Lipinski definition) is 3. The molecular weight excluding hydrogens is 283 g/mol. The number of carbonyl (C=O) groups is 1. The number of urea groups is 1. The molecule has 20 heavy (non-hydrogen) atoms. The molecule has 6 heteroatoms. The lowest BCUT2D eigenvalue weighted by Gasteiger charge is -2.09. The van der Waals surface area contributed by atoms with E-state index in [0.29, 0.717) is 10.7 Å². The van der Waals surface area contributed by atoms with Crippen LogP contribution in [0.3, 0.4) is 0 Å². The monoisotopic (exact) mass is 294 g/mol. The zero-order valence-electron chi connectivity index (χ0n) is 10.6. The Morgan fingerprint density at radius 1 is 1.20 bits per heavy atom. The van der Waals surface area contributed by atoms with Gasteiger partial charge >= 0.3 is 6.03 Å². The largest absolute Gasteiger partial charge is 0.508 e. The van der Waals surface area contributed by atoms with Crippen LogP contribution in [0.4, 0.5) is 20.6 Å². The third kappa shape index (κ3) is 3.39. The summed E-state index contributed by atoms with van der Waals surface area (Å²) in [5, 5.41) is 14.6. The molecule has 104 valence electrons. The second-order valence-electron chi connectivity index (χ2n) is 4.21. The molecule has 4 nitrogen and oxygen atoms in total. The van der Waals surface area contributed by atoms with E-state index in [1.54, 1.807) is 18.2 Å². The quantitative estimate of drug-likeness (QED) is 0.729. The highest BCUT2D eigenvalue weighted by atomic mass is 35.5. The summed E-state index contributed by atoms with van der Waals surface area (Å²) < 4.78 is 13.4. The summed E-state index contributed by atoms with van der Waals surface area (Å²) in [6.07, 6.45) is 0. The Bertz CT molecular complexity index is 662. The summed E-state index contributed by atoms with van der Waals surface area (Å²) in [6.45, 7) is 1.81. The normalized spacial score (nSPS) is 10.2. The van der Waals surface area contributed by atoms with E-state index < -0.39 is 11.8 Å². The van der Waals surface area contributed by atoms with Crippen LogP contribution in [-0.4, -0.2) is 11.1 Å². The van der Waals surface area contributed by atoms with Gasteiger partial charge in [-0.25, -0.2) is 9.18 Å². The van der Waals surface area contributed by atoms with E-state index in [-0.39, 0.29) is 11.4 Å². The van der Waals surface area contributed by atoms with Gasteiger partial charge in [-0.05, 0) is 42.8 Å². The van der Waals surface area contributed by atoms with E-state index in [4.69, 9.17) is 16.7 Å². The molecule has 0 aliphatic carbocycles. The fourth-order valence-electron chi connectivity index (χ4n) is 1.61. The molecule has 0 unspecified atom stereocenters. The van der Waals surface area contributed by atoms with Crippen molar-refractivity contribution in [1.82, 2.24) is 0 Å². The number of aryl methyl sites for hydroxylation is 1. The van der Waals surface area contributed by atoms with Crippen molar-refractivity contribution in [1.29, 1.82) is 0 Å². The maximum atomic E-state index is 13.4. The van der Waals surface area contributed by atoms with Crippen LogP contribution in [0.1, 0.15) is 5.56 Å². The number of halogens is 2. The van der Waals surface area contributed by atoms with Crippen LogP contribution in [0.2, 0.25) is 5.02 Å². The number of nitrogens with one attached hydrogen (secondary N) is 2. The van der Waals surface area contributed by atoms with Crippen molar-refractivity contribution < 1.29 is 14.3 Å². The average Bonchev–Trinajstić information content (AvgIpc) is 2.37. The molecule has 3 N–H and O–H groups in total. The van der Waals surface area contributed by atoms with Gasteiger partial charge in [0.2, 0.25) is 0 Å². The van der Waals surface area contributed by atoms with Crippen LogP contribution in [0.25, 0.3) is 0 Å². The fraction of sp³-hybridized carbons (Fsp3) is 0.0714. The molecule has 0 aliphatic heterocycles. The average molecular weight is 295 g/mol. The molecule has 0 aliphatic rings. The number of amides is 2. The lowest BCUT2D eigenvalue weighted by Crippen LogP contribution is -2.20. The van der Waals surface area contributed by atoms with Gasteiger partial charge in [0.1, 0.15) is 11.6 Å². The Hall–Kier alpha value is -2.27. The van der Waals surface area contributed by atoms with Crippen molar-refractivity contribution in [2.45, 2.75) is 6.92 Å². The van der Waals surface area contributed by atoms with E-state index in [0.717, 1.165) is 11.6 Å². The molecule has 2 rings (SSSR count). The highest BCUT2D eigenvalue weighted by Crippen LogP contribution is 2.21. The lowest BCUT2D eigenvalue weighted by atomic mass is 10.2. The summed E-state index contributed by atoms with van der Waals surface area (Å²) in [5.74, 6) is -0.922. The Kier molecular flexibility index (Phi) is 4.10. The summed E-state index contributed by atoms with van der Waals surface area (Å²) in [6, 6.07) is 7.89. The first kappa shape index (κ1) is 14.1. The predicted octanol–water partition coefficient (Wildman–Crippen LogP) is 4.14. The molecule has 0 heterocycles. The second-order valence-corrected chi connectivity index (χ2v) is 4.61. The maximum Gasteiger partial charge on any atom is 0.323 e. The Morgan fingerprint density at radius 2 is 1.95 bits per heavy atom. The van der Waals surface area contributed by atoms with Gasteiger partial charge in [-0.1, -0.05) is 11.6 Å². The Balaban J connectivity index is 2.07. The third-order valence-corrected chi connectivity index (χ3v) is 3.04. The van der Waals surface area contributed by atoms with Crippen molar-refractivity contribution in [2.75, 3.05) is 10.6 Å². The summed E-state index contributed by atoms with van der Waals surface area (Å²) in [7, 11) is 0. The molecular formula is C14H12ClFN2O2. The van der Waals surface area contributed by atoms with E-state index >= 15 is 0 Å². The second kappa shape index (κ2) is 5.79. The molecule has 0 fully saturated rings. The third-order valence-electron chi connectivity index (χ3n) is 2.62. The number of phenols is 1. The van der Waals surface area contributed by atoms with E-state index in [1.165, 1.54) is 12.1 Å². The van der Waals surface area contributed by atoms with Crippen molar-refractivity contribution in [3.8, 4) is 5.75 Å². The first-order valence-electron chi connectivity index (χ1n) is 5.78. The number of hydrogen-bond acceptors (Lipinski definition) is 2. The number of anilines is 2. The molecule has 2 aromatic rings. The highest BCUT2D eigenvalue weighted by molar-refractivity contribution is 6.31. The van der Waals surface area contributed by atoms with Crippen LogP contribution >= 0.6 is 11.6 Å². The predicted molar refractivity (Wildman–Crippen MR) is 76.9 cm³/mol. The topological polar surface area (TPSA) is 61.4 Å². The highest BCUT2D eigenvalue weighted by Gasteiger charge is 2.08. The van der Waals surface area contributed by atoms with E-state index in [2.05, 4.69) is 10.6 Å². The molecule has 0 bridgehead atoms. The molecule has 0 saturated heterocycles. The summed E-state index contributed by atoms with van der Waals surface area (Å²) >= 11 is 5.88. The zero-order valence-corrected chi connectivity index (χ0v) is 11.3. The number of carbonyl (C=O) groups excluding carboxylic acids is 1. The molecule has 0 spiro atoms. The zero-order chi connectivity index (χ0) is 14.7. The van der Waals surface area contributed by atoms with E-state index in [1.807, 2.05) is 6.92 Å². The minimum atomic E-state index is -0.715. The van der Waals surface area contributed by atoms with Gasteiger partial charge in [-0.3, -0.25) is 0 Å². The van der Waals surface area contributed by atoms with Gasteiger partial charge in [0.15, 0.2) is 0 Å². The SMILES string of the molecule is Cc1cc(NC(=O)Nc2ccc(O)cc2F)ccc1Cl. The summed E-state index contributed by atoms with van der Waals surface area (Å²) in [5.41, 5.74) is 1.34. The molecule has 0 saturated carbocycles. The first-order chi connectivity index (χ1) is 9.45. The molecule has 0 radical (unpaired) electrons. The van der Waals surface area contributed by atoms with Gasteiger partial charge < -0.3 is 15.7 Å². The number of phenolic OH excluding ortho intramolecular Hbond substituents is 1. The van der Waals surface area contributed by atoms with Gasteiger partial charge in [0.05, 0.1) is 5.69 Å².